The topological polar surface area (TPSA) is 254 Å². The number of H-pyrrole nitrogens is 1. The molecule has 4 aromatic heterocycles. The first kappa shape index (κ1) is 30.8. The molecular weight excluding hydrogens is 693 g/mol. The number of rotatable bonds is 2. The number of fused-ring (bicyclic) bond motifs is 4. The zero-order valence-corrected chi connectivity index (χ0v) is 26.8. The number of aliphatic hydroxyl groups is 1. The lowest BCUT2D eigenvalue weighted by Crippen LogP contribution is -2.67. The van der Waals surface area contributed by atoms with Gasteiger partial charge in [0.25, 0.3) is 0 Å². The summed E-state index contributed by atoms with van der Waals surface area (Å²) in [5, 5.41) is 11.7. The van der Waals surface area contributed by atoms with E-state index in [-0.39, 0.29) is 35.6 Å². The Morgan fingerprint density at radius 1 is 1.17 bits per heavy atom. The molecule has 7 heterocycles. The number of ether oxygens (including phenoxy) is 2. The van der Waals surface area contributed by atoms with E-state index in [0.29, 0.717) is 11.2 Å². The maximum absolute atomic E-state index is 16.0. The Balaban J connectivity index is 1.16. The summed E-state index contributed by atoms with van der Waals surface area (Å²) < 4.78 is 68.0. The molecule has 1 aliphatic carbocycles. The molecule has 4 aromatic rings. The molecule has 10 atom stereocenters. The van der Waals surface area contributed by atoms with Crippen LogP contribution in [0.2, 0.25) is 0 Å². The molecule has 246 valence electrons. The largest absolute Gasteiger partial charge is 0.386 e. The molecule has 7 N–H and O–H groups in total. The van der Waals surface area contributed by atoms with Gasteiger partial charge in [0.15, 0.2) is 42.3 Å². The third-order valence-corrected chi connectivity index (χ3v) is 12.0. The van der Waals surface area contributed by atoms with Crippen molar-refractivity contribution in [2.45, 2.75) is 61.0 Å². The number of aromatic nitrogens is 8. The van der Waals surface area contributed by atoms with Crippen LogP contribution in [0.4, 0.5) is 16.0 Å². The normalized spacial score (nSPS) is 41.3. The summed E-state index contributed by atoms with van der Waals surface area (Å²) in [5.41, 5.74) is 9.70. The number of thiol groups is 1. The maximum Gasteiger partial charge on any atom is 0.386 e. The minimum atomic E-state index is -4.41. The van der Waals surface area contributed by atoms with Gasteiger partial charge in [-0.15, -0.1) is 0 Å². The molecule has 1 saturated carbocycles. The van der Waals surface area contributed by atoms with Crippen LogP contribution < -0.4 is 16.0 Å². The van der Waals surface area contributed by atoms with Crippen molar-refractivity contribution < 1.29 is 51.1 Å². The average Bonchev–Trinajstić information content (AvgIpc) is 3.73. The molecule has 2 bridgehead atoms. The third-order valence-electron chi connectivity index (χ3n) is 8.81. The van der Waals surface area contributed by atoms with Gasteiger partial charge in [0, 0.05) is 0 Å². The Morgan fingerprint density at radius 2 is 1.96 bits per heavy atom. The number of imidazole rings is 2. The second-order valence-electron chi connectivity index (χ2n) is 11.2. The number of aliphatic hydroxyl groups excluding tert-OH is 1. The molecule has 10 unspecified atom stereocenters. The highest BCUT2D eigenvalue weighted by Gasteiger charge is 2.76. The summed E-state index contributed by atoms with van der Waals surface area (Å²) in [6.07, 6.45) is -3.46. The van der Waals surface area contributed by atoms with Crippen molar-refractivity contribution in [2.24, 2.45) is 0 Å². The van der Waals surface area contributed by atoms with Crippen molar-refractivity contribution in [1.82, 2.24) is 34.5 Å². The van der Waals surface area contributed by atoms with Gasteiger partial charge in [-0.3, -0.25) is 23.1 Å². The van der Waals surface area contributed by atoms with E-state index >= 15 is 4.39 Å². The van der Waals surface area contributed by atoms with Crippen molar-refractivity contribution in [1.29, 1.82) is 0 Å². The standard InChI is InChI=1S/C22H25FN10O9P2S2/c23-10-9-3-37-44(36,46)42-22-2-1-21(22,40-20(14(22)34)33-8-31-12-16(25)27-6-29-18(12)33)4-38-43(35,45)41-13(10)19(39-9)32-7-30-11-15(24)26-5-28-17(11)32/h5-10,13-14,19-20,34H,1-4H2,(H6,24,25,26,27,28,29,35,36,45,46)/p+1. The van der Waals surface area contributed by atoms with Crippen LogP contribution >= 0.6 is 25.8 Å². The molecule has 3 aliphatic heterocycles. The molecule has 19 nitrogen and oxygen atoms in total. The van der Waals surface area contributed by atoms with Gasteiger partial charge in [-0.1, -0.05) is 17.2 Å². The number of nitrogens with zero attached hydrogens (tertiary/aromatic N) is 7. The number of halogens is 1. The number of alkyl halides is 1. The van der Waals surface area contributed by atoms with Gasteiger partial charge in [-0.2, -0.15) is 4.98 Å². The van der Waals surface area contributed by atoms with Gasteiger partial charge in [0.05, 0.1) is 19.5 Å². The first-order valence-corrected chi connectivity index (χ1v) is 19.0. The smallest absolute Gasteiger partial charge is 0.384 e. The van der Waals surface area contributed by atoms with Crippen LogP contribution in [0.25, 0.3) is 22.3 Å². The van der Waals surface area contributed by atoms with E-state index < -0.39 is 74.9 Å². The predicted molar refractivity (Wildman–Crippen MR) is 159 cm³/mol. The van der Waals surface area contributed by atoms with E-state index in [1.807, 2.05) is 0 Å². The van der Waals surface area contributed by atoms with Gasteiger partial charge >= 0.3 is 19.2 Å². The van der Waals surface area contributed by atoms with Crippen molar-refractivity contribution in [3.63, 3.8) is 0 Å². The first-order valence-electron chi connectivity index (χ1n) is 13.7. The highest BCUT2D eigenvalue weighted by Crippen LogP contribution is 2.67. The lowest BCUT2D eigenvalue weighted by molar-refractivity contribution is -0.746. The van der Waals surface area contributed by atoms with Crippen LogP contribution in [-0.2, 0) is 43.9 Å². The lowest BCUT2D eigenvalue weighted by Gasteiger charge is -2.53. The van der Waals surface area contributed by atoms with Crippen LogP contribution in [0.1, 0.15) is 25.3 Å². The second kappa shape index (κ2) is 10.5. The van der Waals surface area contributed by atoms with Crippen molar-refractivity contribution in [3.8, 4) is 0 Å². The second-order valence-corrected chi connectivity index (χ2v) is 16.9. The van der Waals surface area contributed by atoms with E-state index in [1.54, 1.807) is 0 Å². The van der Waals surface area contributed by atoms with E-state index in [9.17, 15) is 14.6 Å². The Kier molecular flexibility index (Phi) is 7.05. The van der Waals surface area contributed by atoms with Crippen LogP contribution in [-0.4, -0.2) is 93.4 Å². The van der Waals surface area contributed by atoms with E-state index in [2.05, 4.69) is 42.2 Å². The molecule has 0 radical (unpaired) electrons. The Labute approximate surface area is 267 Å². The van der Waals surface area contributed by atoms with Crippen LogP contribution in [0.5, 0.6) is 0 Å². The van der Waals surface area contributed by atoms with Gasteiger partial charge < -0.3 is 35.5 Å². The van der Waals surface area contributed by atoms with Gasteiger partial charge in [0.1, 0.15) is 41.4 Å². The average molecular weight is 720 g/mol. The monoisotopic (exact) mass is 719 g/mol. The van der Waals surface area contributed by atoms with Gasteiger partial charge in [-0.25, -0.2) is 28.5 Å². The highest BCUT2D eigenvalue weighted by atomic mass is 32.7. The number of anilines is 2. The van der Waals surface area contributed by atoms with Crippen LogP contribution in [0.3, 0.4) is 0 Å². The number of aromatic amines is 1. The lowest BCUT2D eigenvalue weighted by atomic mass is 9.64. The molecule has 4 aliphatic rings. The molecule has 0 spiro atoms. The molecule has 8 rings (SSSR count). The Hall–Kier alpha value is -2.46. The number of hydrogen-bond donors (Lipinski definition) is 6. The SMILES string of the molecule is Nc1ncnc2c1ncn2C1OC2COP(O)(=S)OC34CCC3(COP(=O)(S)OC1C2F)OC([n+]1c[nH]c2c(N)ncnc21)C4O. The molecule has 0 amide bonds. The fourth-order valence-corrected chi connectivity index (χ4v) is 9.68. The number of nitrogen functional groups attached to an aromatic ring is 2. The predicted octanol–water partition coefficient (Wildman–Crippen LogP) is 0.350. The summed E-state index contributed by atoms with van der Waals surface area (Å²) >= 11 is 9.50. The van der Waals surface area contributed by atoms with Crippen molar-refractivity contribution in [3.05, 3.63) is 25.3 Å². The zero-order chi connectivity index (χ0) is 32.2. The summed E-state index contributed by atoms with van der Waals surface area (Å²) in [5.74, 6) is 0.229. The zero-order valence-electron chi connectivity index (χ0n) is 23.3. The van der Waals surface area contributed by atoms with E-state index in [0.717, 1.165) is 0 Å². The molecule has 0 aromatic carbocycles. The summed E-state index contributed by atoms with van der Waals surface area (Å²) in [6, 6.07) is 0. The summed E-state index contributed by atoms with van der Waals surface area (Å²) in [7, 11) is 0. The fourth-order valence-electron chi connectivity index (χ4n) is 6.48. The van der Waals surface area contributed by atoms with Crippen molar-refractivity contribution >= 4 is 71.5 Å². The molecular formula is C22H26FN10O9P2S2+. The summed E-state index contributed by atoms with van der Waals surface area (Å²) in [4.78, 5) is 34.6. The maximum atomic E-state index is 16.0. The number of hydrogen-bond acceptors (Lipinski definition) is 16. The quantitative estimate of drug-likeness (QED) is 0.0928. The van der Waals surface area contributed by atoms with E-state index in [4.69, 9.17) is 50.8 Å². The van der Waals surface area contributed by atoms with Gasteiger partial charge in [-0.05, 0) is 24.6 Å². The number of nitrogens with two attached hydrogens (primary N) is 2. The molecule has 46 heavy (non-hydrogen) atoms. The first-order chi connectivity index (χ1) is 21.8. The van der Waals surface area contributed by atoms with Crippen LogP contribution in [0, 0.1) is 0 Å². The van der Waals surface area contributed by atoms with E-state index in [1.165, 1.54) is 34.4 Å². The third kappa shape index (κ3) is 4.55. The highest BCUT2D eigenvalue weighted by molar-refractivity contribution is 8.44. The van der Waals surface area contributed by atoms with Gasteiger partial charge in [0.2, 0.25) is 11.7 Å². The minimum Gasteiger partial charge on any atom is -0.384 e. The summed E-state index contributed by atoms with van der Waals surface area (Å²) in [6.45, 7) is -9.81. The fraction of sp³-hybridized carbons (Fsp3) is 0.545. The molecule has 3 saturated heterocycles. The molecule has 4 fully saturated rings. The van der Waals surface area contributed by atoms with Crippen molar-refractivity contribution in [2.75, 3.05) is 24.7 Å². The minimum absolute atomic E-state index is 0.0707. The number of nitrogens with one attached hydrogen (secondary N) is 1. The Morgan fingerprint density at radius 3 is 2.74 bits per heavy atom. The Bertz CT molecular complexity index is 1980. The van der Waals surface area contributed by atoms with Crippen LogP contribution in [0.15, 0.2) is 25.3 Å². The molecule has 24 heteroatoms.